The summed E-state index contributed by atoms with van der Waals surface area (Å²) in [6, 6.07) is 1.69. The van der Waals surface area contributed by atoms with E-state index in [0.29, 0.717) is 36.1 Å². The van der Waals surface area contributed by atoms with Crippen LogP contribution in [-0.4, -0.2) is 28.6 Å². The number of allylic oxidation sites excluding steroid dienone is 2. The zero-order chi connectivity index (χ0) is 16.3. The Balaban J connectivity index is 0.00000264. The van der Waals surface area contributed by atoms with Crippen LogP contribution in [0.2, 0.25) is 0 Å². The van der Waals surface area contributed by atoms with Crippen molar-refractivity contribution in [1.29, 1.82) is 0 Å². The zero-order valence-corrected chi connectivity index (χ0v) is 15.3. The molecule has 1 aromatic rings. The third-order valence-electron chi connectivity index (χ3n) is 3.76. The molecule has 6 heteroatoms. The monoisotopic (exact) mass is 325 g/mol. The number of rotatable bonds is 6. The number of carbonyl (C=O) groups is 2. The van der Waals surface area contributed by atoms with Crippen LogP contribution in [0.3, 0.4) is 0 Å². The molecular weight excluding hydrogens is 305 g/mol. The number of hydrogen-bond donors (Lipinski definition) is 2. The Hall–Kier alpha value is -1.56. The minimum atomic E-state index is -1.06. The fourth-order valence-corrected chi connectivity index (χ4v) is 2.82. The third kappa shape index (κ3) is 4.05. The van der Waals surface area contributed by atoms with E-state index in [1.807, 2.05) is 0 Å². The number of aliphatic carboxylic acids is 1. The number of hydrogen-bond acceptors (Lipinski definition) is 3. The van der Waals surface area contributed by atoms with E-state index in [4.69, 9.17) is 5.11 Å². The quantitative estimate of drug-likeness (QED) is 0.537. The van der Waals surface area contributed by atoms with Crippen molar-refractivity contribution in [3.8, 4) is 5.75 Å². The van der Waals surface area contributed by atoms with Gasteiger partial charge in [-0.15, -0.1) is 13.2 Å². The van der Waals surface area contributed by atoms with Crippen LogP contribution < -0.4 is 34.5 Å². The van der Waals surface area contributed by atoms with Crippen LogP contribution >= 0.6 is 0 Å². The summed E-state index contributed by atoms with van der Waals surface area (Å²) in [6.45, 7) is 6.98. The van der Waals surface area contributed by atoms with E-state index in [9.17, 15) is 14.7 Å². The first-order chi connectivity index (χ1) is 10.5. The summed E-state index contributed by atoms with van der Waals surface area (Å²) in [7, 11) is 0. The Kier molecular flexibility index (Phi) is 7.06. The Bertz CT molecular complexity index is 660. The van der Waals surface area contributed by atoms with Gasteiger partial charge in [-0.2, -0.15) is 0 Å². The fraction of sp³-hybridized carbons (Fsp3) is 0.294. The van der Waals surface area contributed by atoms with Crippen LogP contribution in [0.15, 0.2) is 31.4 Å². The number of nitrogens with zero attached hydrogens (tertiary/aromatic N) is 1. The van der Waals surface area contributed by atoms with Crippen LogP contribution in [0.1, 0.15) is 24.5 Å². The Morgan fingerprint density at radius 1 is 1.30 bits per heavy atom. The Morgan fingerprint density at radius 3 is 2.52 bits per heavy atom. The number of aromatic hydroxyl groups is 1. The topological polar surface area (TPSA) is 77.8 Å². The van der Waals surface area contributed by atoms with Gasteiger partial charge in [0.1, 0.15) is 12.3 Å². The number of amides is 1. The van der Waals surface area contributed by atoms with Gasteiger partial charge in [0.25, 0.3) is 0 Å². The number of benzene rings is 1. The van der Waals surface area contributed by atoms with Crippen LogP contribution in [0.5, 0.6) is 5.75 Å². The smallest absolute Gasteiger partial charge is 1.00 e. The molecule has 0 aromatic heterocycles. The first kappa shape index (κ1) is 19.5. The van der Waals surface area contributed by atoms with Gasteiger partial charge in [-0.3, -0.25) is 9.59 Å². The molecule has 118 valence electrons. The van der Waals surface area contributed by atoms with Gasteiger partial charge in [0.15, 0.2) is 0 Å². The molecule has 1 aliphatic rings. The van der Waals surface area contributed by atoms with Gasteiger partial charge >= 0.3 is 35.5 Å². The van der Waals surface area contributed by atoms with Gasteiger partial charge < -0.3 is 16.5 Å². The molecule has 0 atom stereocenters. The van der Waals surface area contributed by atoms with Crippen LogP contribution in [-0.2, 0) is 28.9 Å². The summed E-state index contributed by atoms with van der Waals surface area (Å²) in [6.07, 6.45) is 4.99. The molecule has 2 N–H and O–H groups in total. The normalized spacial score (nSPS) is 13.0. The van der Waals surface area contributed by atoms with E-state index in [1.54, 1.807) is 18.2 Å². The minimum absolute atomic E-state index is 0. The summed E-state index contributed by atoms with van der Waals surface area (Å²) in [5, 5.41) is 19.5. The number of carbonyl (C=O) groups excluding carboxylic acids is 1. The van der Waals surface area contributed by atoms with Crippen LogP contribution in [0.25, 0.3) is 0 Å². The summed E-state index contributed by atoms with van der Waals surface area (Å²) in [4.78, 5) is 24.4. The number of phenolic OH excluding ortho intramolecular Hbond substituents is 1. The van der Waals surface area contributed by atoms with Gasteiger partial charge in [-0.05, 0) is 36.5 Å². The summed E-state index contributed by atoms with van der Waals surface area (Å²) >= 11 is 0. The van der Waals surface area contributed by atoms with Crippen molar-refractivity contribution >= 4 is 17.6 Å². The maximum atomic E-state index is 12.1. The van der Waals surface area contributed by atoms with Crippen LogP contribution in [0, 0.1) is 0 Å². The van der Waals surface area contributed by atoms with Crippen molar-refractivity contribution in [3.63, 3.8) is 0 Å². The largest absolute Gasteiger partial charge is 1.00 e. The van der Waals surface area contributed by atoms with Gasteiger partial charge in [0.05, 0.1) is 0 Å². The maximum absolute atomic E-state index is 12.1. The van der Waals surface area contributed by atoms with E-state index < -0.39 is 5.97 Å². The van der Waals surface area contributed by atoms with E-state index in [2.05, 4.69) is 13.2 Å². The molecule has 0 spiro atoms. The number of fused-ring (bicyclic) bond motifs is 1. The van der Waals surface area contributed by atoms with Gasteiger partial charge in [-0.25, -0.2) is 0 Å². The summed E-state index contributed by atoms with van der Waals surface area (Å²) in [5.41, 5.74) is 2.75. The maximum Gasteiger partial charge on any atom is 1.00 e. The molecule has 0 saturated carbocycles. The van der Waals surface area contributed by atoms with Gasteiger partial charge in [0, 0.05) is 17.7 Å². The average molecular weight is 325 g/mol. The molecular formula is C17H20NNaO4. The molecule has 0 fully saturated rings. The molecule has 2 rings (SSSR count). The molecule has 23 heavy (non-hydrogen) atoms. The molecule has 0 saturated heterocycles. The Labute approximate surface area is 159 Å². The molecule has 0 radical (unpaired) electrons. The van der Waals surface area contributed by atoms with E-state index >= 15 is 0 Å². The molecule has 1 heterocycles. The summed E-state index contributed by atoms with van der Waals surface area (Å²) in [5.74, 6) is -1.09. The summed E-state index contributed by atoms with van der Waals surface area (Å²) < 4.78 is 0. The number of phenols is 1. The van der Waals surface area contributed by atoms with Crippen molar-refractivity contribution in [2.45, 2.75) is 25.7 Å². The van der Waals surface area contributed by atoms with Crippen molar-refractivity contribution in [1.82, 2.24) is 0 Å². The van der Waals surface area contributed by atoms with Crippen molar-refractivity contribution < 1.29 is 50.8 Å². The average Bonchev–Trinajstić information content (AvgIpc) is 2.46. The van der Waals surface area contributed by atoms with Crippen molar-refractivity contribution in [3.05, 3.63) is 48.1 Å². The van der Waals surface area contributed by atoms with E-state index in [0.717, 1.165) is 5.56 Å². The number of carboxylic acids is 1. The Morgan fingerprint density at radius 2 is 1.96 bits per heavy atom. The van der Waals surface area contributed by atoms with Gasteiger partial charge in [0.2, 0.25) is 5.91 Å². The van der Waals surface area contributed by atoms with Crippen molar-refractivity contribution in [2.24, 2.45) is 0 Å². The molecule has 1 aromatic carbocycles. The second-order valence-corrected chi connectivity index (χ2v) is 5.22. The number of anilines is 1. The SMILES string of the molecule is C=CCc1cc2c(c(CC=C)c1O)CCC(=O)N2CC(=O)O.[H-].[Na+]. The van der Waals surface area contributed by atoms with Crippen molar-refractivity contribution in [2.75, 3.05) is 11.4 Å². The zero-order valence-electron chi connectivity index (χ0n) is 14.3. The van der Waals surface area contributed by atoms with Crippen LogP contribution in [0.4, 0.5) is 5.69 Å². The van der Waals surface area contributed by atoms with E-state index in [-0.39, 0.29) is 55.6 Å². The third-order valence-corrected chi connectivity index (χ3v) is 3.76. The van der Waals surface area contributed by atoms with Gasteiger partial charge in [-0.1, -0.05) is 12.2 Å². The molecule has 1 amide bonds. The predicted molar refractivity (Wildman–Crippen MR) is 85.3 cm³/mol. The minimum Gasteiger partial charge on any atom is -1.00 e. The number of carboxylic acid groups (broad SMARTS) is 1. The first-order valence-corrected chi connectivity index (χ1v) is 7.10. The standard InChI is InChI=1S/C17H19NO4.Na.H/c1-3-5-11-9-14-12(13(6-4-2)17(11)22)7-8-15(19)18(14)10-16(20)21;;/h3-4,9,22H,1-2,5-8,10H2,(H,20,21);;/q;+1;-1. The molecule has 5 nitrogen and oxygen atoms in total. The molecule has 0 bridgehead atoms. The van der Waals surface area contributed by atoms with E-state index in [1.165, 1.54) is 4.90 Å². The first-order valence-electron chi connectivity index (χ1n) is 7.10. The predicted octanol–water partition coefficient (Wildman–Crippen LogP) is -0.670. The molecule has 0 aliphatic carbocycles. The second kappa shape index (κ2) is 8.34. The molecule has 0 unspecified atom stereocenters. The second-order valence-electron chi connectivity index (χ2n) is 5.22. The molecule has 1 aliphatic heterocycles. The fourth-order valence-electron chi connectivity index (χ4n) is 2.82.